The number of hydrogen-bond acceptors (Lipinski definition) is 4. The average molecular weight is 329 g/mol. The van der Waals surface area contributed by atoms with Gasteiger partial charge in [-0.05, 0) is 37.5 Å². The Morgan fingerprint density at radius 2 is 1.95 bits per heavy atom. The van der Waals surface area contributed by atoms with E-state index in [0.717, 1.165) is 0 Å². The minimum atomic E-state index is -3.58. The Morgan fingerprint density at radius 3 is 2.48 bits per heavy atom. The zero-order valence-electron chi connectivity index (χ0n) is 11.8. The average Bonchev–Trinajstić information content (AvgIpc) is 2.37. The summed E-state index contributed by atoms with van der Waals surface area (Å²) in [6.45, 7) is 1.94. The number of primary amides is 1. The number of sulfonamides is 1. The Hall–Kier alpha value is -1.51. The predicted octanol–water partition coefficient (Wildman–Crippen LogP) is 0.563. The summed E-state index contributed by atoms with van der Waals surface area (Å²) < 4.78 is 26.8. The minimum Gasteiger partial charge on any atom is -0.389 e. The SMILES string of the molecule is Cc1cc(C(N)=S)ccc1S(=O)(=O)NCCCCC(N)=O. The number of benzene rings is 1. The van der Waals surface area contributed by atoms with E-state index < -0.39 is 10.0 Å². The molecule has 0 unspecified atom stereocenters. The van der Waals surface area contributed by atoms with Gasteiger partial charge in [-0.15, -0.1) is 0 Å². The quantitative estimate of drug-likeness (QED) is 0.476. The predicted molar refractivity (Wildman–Crippen MR) is 85.3 cm³/mol. The Balaban J connectivity index is 2.70. The first kappa shape index (κ1) is 17.5. The lowest BCUT2D eigenvalue weighted by molar-refractivity contribution is -0.118. The third-order valence-electron chi connectivity index (χ3n) is 2.89. The molecule has 8 heteroatoms. The number of nitrogens with one attached hydrogen (secondary N) is 1. The van der Waals surface area contributed by atoms with Gasteiger partial charge in [0, 0.05) is 18.5 Å². The van der Waals surface area contributed by atoms with Crippen LogP contribution in [0.5, 0.6) is 0 Å². The van der Waals surface area contributed by atoms with Gasteiger partial charge in [0.25, 0.3) is 0 Å². The first-order valence-corrected chi connectivity index (χ1v) is 8.31. The number of unbranched alkanes of at least 4 members (excludes halogenated alkanes) is 1. The van der Waals surface area contributed by atoms with Gasteiger partial charge in [-0.2, -0.15) is 0 Å². The van der Waals surface area contributed by atoms with Crippen molar-refractivity contribution in [2.75, 3.05) is 6.54 Å². The molecule has 0 atom stereocenters. The number of carbonyl (C=O) groups excluding carboxylic acids is 1. The van der Waals surface area contributed by atoms with Crippen LogP contribution in [0, 0.1) is 6.92 Å². The van der Waals surface area contributed by atoms with Crippen molar-refractivity contribution in [3.8, 4) is 0 Å². The zero-order chi connectivity index (χ0) is 16.0. The molecule has 6 nitrogen and oxygen atoms in total. The lowest BCUT2D eigenvalue weighted by Gasteiger charge is -2.10. The molecule has 116 valence electrons. The second kappa shape index (κ2) is 7.48. The van der Waals surface area contributed by atoms with Gasteiger partial charge >= 0.3 is 0 Å². The fraction of sp³-hybridized carbons (Fsp3) is 0.385. The maximum atomic E-state index is 12.2. The number of nitrogens with two attached hydrogens (primary N) is 2. The van der Waals surface area contributed by atoms with Crippen LogP contribution >= 0.6 is 12.2 Å². The summed E-state index contributed by atoms with van der Waals surface area (Å²) in [6, 6.07) is 4.70. The van der Waals surface area contributed by atoms with Gasteiger partial charge in [-0.3, -0.25) is 4.79 Å². The summed E-state index contributed by atoms with van der Waals surface area (Å²) in [4.78, 5) is 11.0. The van der Waals surface area contributed by atoms with Crippen LogP contribution in [0.25, 0.3) is 0 Å². The fourth-order valence-corrected chi connectivity index (χ4v) is 3.24. The zero-order valence-corrected chi connectivity index (χ0v) is 13.4. The molecule has 0 aliphatic carbocycles. The molecule has 0 heterocycles. The molecule has 0 radical (unpaired) electrons. The second-order valence-electron chi connectivity index (χ2n) is 4.67. The molecular formula is C13H19N3O3S2. The van der Waals surface area contributed by atoms with Crippen molar-refractivity contribution in [1.29, 1.82) is 0 Å². The van der Waals surface area contributed by atoms with Gasteiger partial charge in [-0.25, -0.2) is 13.1 Å². The Bertz CT molecular complexity index is 642. The number of rotatable bonds is 8. The van der Waals surface area contributed by atoms with Gasteiger partial charge in [0.1, 0.15) is 4.99 Å². The van der Waals surface area contributed by atoms with Gasteiger partial charge in [-0.1, -0.05) is 18.3 Å². The molecule has 0 aromatic heterocycles. The Labute approximate surface area is 129 Å². The molecule has 0 aliphatic heterocycles. The molecule has 0 saturated heterocycles. The molecule has 1 aromatic carbocycles. The second-order valence-corrected chi connectivity index (χ2v) is 6.84. The van der Waals surface area contributed by atoms with Crippen LogP contribution in [0.4, 0.5) is 0 Å². The van der Waals surface area contributed by atoms with E-state index in [9.17, 15) is 13.2 Å². The molecule has 5 N–H and O–H groups in total. The standard InChI is InChI=1S/C13H19N3O3S2/c1-9-8-10(13(15)20)5-6-11(9)21(18,19)16-7-3-2-4-12(14)17/h5-6,8,16H,2-4,7H2,1H3,(H2,14,17)(H2,15,20). The van der Waals surface area contributed by atoms with E-state index in [1.165, 1.54) is 6.07 Å². The monoisotopic (exact) mass is 329 g/mol. The van der Waals surface area contributed by atoms with Gasteiger partial charge in [0.2, 0.25) is 15.9 Å². The number of aryl methyl sites for hydroxylation is 1. The summed E-state index contributed by atoms with van der Waals surface area (Å²) in [5, 5.41) is 0. The highest BCUT2D eigenvalue weighted by atomic mass is 32.2. The molecule has 0 fully saturated rings. The van der Waals surface area contributed by atoms with E-state index in [4.69, 9.17) is 23.7 Å². The smallest absolute Gasteiger partial charge is 0.240 e. The molecule has 1 amide bonds. The fourth-order valence-electron chi connectivity index (χ4n) is 1.81. The van der Waals surface area contributed by atoms with Gasteiger partial charge in [0.15, 0.2) is 0 Å². The van der Waals surface area contributed by atoms with Crippen LogP contribution in [0.3, 0.4) is 0 Å². The highest BCUT2D eigenvalue weighted by Gasteiger charge is 2.16. The van der Waals surface area contributed by atoms with E-state index in [2.05, 4.69) is 4.72 Å². The number of thiocarbonyl (C=S) groups is 1. The molecule has 0 aliphatic rings. The first-order valence-electron chi connectivity index (χ1n) is 6.42. The van der Waals surface area contributed by atoms with E-state index >= 15 is 0 Å². The van der Waals surface area contributed by atoms with E-state index in [1.54, 1.807) is 19.1 Å². The van der Waals surface area contributed by atoms with E-state index in [1.807, 2.05) is 0 Å². The highest BCUT2D eigenvalue weighted by Crippen LogP contribution is 2.16. The normalized spacial score (nSPS) is 11.3. The molecule has 1 rings (SSSR count). The van der Waals surface area contributed by atoms with Crippen molar-refractivity contribution >= 4 is 33.1 Å². The van der Waals surface area contributed by atoms with Crippen LogP contribution in [-0.4, -0.2) is 25.9 Å². The number of amides is 1. The number of hydrogen-bond donors (Lipinski definition) is 3. The summed E-state index contributed by atoms with van der Waals surface area (Å²) in [5.41, 5.74) is 11.7. The van der Waals surface area contributed by atoms with Crippen LogP contribution in [0.15, 0.2) is 23.1 Å². The van der Waals surface area contributed by atoms with Crippen LogP contribution in [0.1, 0.15) is 30.4 Å². The highest BCUT2D eigenvalue weighted by molar-refractivity contribution is 7.89. The van der Waals surface area contributed by atoms with Crippen molar-refractivity contribution in [2.45, 2.75) is 31.1 Å². The van der Waals surface area contributed by atoms with Crippen molar-refractivity contribution in [3.63, 3.8) is 0 Å². The first-order chi connectivity index (χ1) is 9.74. The molecular weight excluding hydrogens is 310 g/mol. The van der Waals surface area contributed by atoms with Crippen molar-refractivity contribution < 1.29 is 13.2 Å². The third kappa shape index (κ3) is 5.41. The van der Waals surface area contributed by atoms with Crippen molar-refractivity contribution in [2.24, 2.45) is 11.5 Å². The summed E-state index contributed by atoms with van der Waals surface area (Å²) in [5.74, 6) is -0.387. The summed E-state index contributed by atoms with van der Waals surface area (Å²) in [7, 11) is -3.58. The molecule has 21 heavy (non-hydrogen) atoms. The van der Waals surface area contributed by atoms with Crippen LogP contribution in [-0.2, 0) is 14.8 Å². The topological polar surface area (TPSA) is 115 Å². The van der Waals surface area contributed by atoms with Crippen LogP contribution in [0.2, 0.25) is 0 Å². The lowest BCUT2D eigenvalue weighted by Crippen LogP contribution is -2.26. The summed E-state index contributed by atoms with van der Waals surface area (Å²) >= 11 is 4.85. The van der Waals surface area contributed by atoms with Crippen LogP contribution < -0.4 is 16.2 Å². The number of carbonyl (C=O) groups is 1. The maximum Gasteiger partial charge on any atom is 0.240 e. The van der Waals surface area contributed by atoms with E-state index in [-0.39, 0.29) is 28.8 Å². The summed E-state index contributed by atoms with van der Waals surface area (Å²) in [6.07, 6.45) is 1.35. The lowest BCUT2D eigenvalue weighted by atomic mass is 10.1. The Kier molecular flexibility index (Phi) is 6.25. The minimum absolute atomic E-state index is 0.192. The third-order valence-corrected chi connectivity index (χ3v) is 4.75. The Morgan fingerprint density at radius 1 is 1.29 bits per heavy atom. The molecule has 0 saturated carbocycles. The van der Waals surface area contributed by atoms with Crippen molar-refractivity contribution in [3.05, 3.63) is 29.3 Å². The van der Waals surface area contributed by atoms with Crippen molar-refractivity contribution in [1.82, 2.24) is 4.72 Å². The maximum absolute atomic E-state index is 12.2. The van der Waals surface area contributed by atoms with Gasteiger partial charge in [0.05, 0.1) is 4.90 Å². The molecule has 1 aromatic rings. The van der Waals surface area contributed by atoms with E-state index in [0.29, 0.717) is 24.0 Å². The molecule has 0 spiro atoms. The van der Waals surface area contributed by atoms with Gasteiger partial charge < -0.3 is 11.5 Å². The molecule has 0 bridgehead atoms. The largest absolute Gasteiger partial charge is 0.389 e.